The molecule has 8 nitrogen and oxygen atoms in total. The lowest BCUT2D eigenvalue weighted by Crippen LogP contribution is -2.33. The van der Waals surface area contributed by atoms with E-state index < -0.39 is 11.9 Å². The molecule has 0 aliphatic carbocycles. The van der Waals surface area contributed by atoms with E-state index in [9.17, 15) is 14.4 Å². The molecule has 122 valence electrons. The van der Waals surface area contributed by atoms with Gasteiger partial charge >= 0.3 is 17.6 Å². The van der Waals surface area contributed by atoms with E-state index in [-0.39, 0.29) is 11.9 Å². The summed E-state index contributed by atoms with van der Waals surface area (Å²) in [6, 6.07) is 6.05. The molecule has 2 aromatic rings. The second-order valence-electron chi connectivity index (χ2n) is 4.97. The van der Waals surface area contributed by atoms with Crippen molar-refractivity contribution in [2.75, 3.05) is 7.05 Å². The number of hydrogen-bond acceptors (Lipinski definition) is 4. The standard InChI is InChI=1S/C11H13N3O.C4H4O4/c1-12-9-6-5-7-3-2-4-8-10(7)14(9)11(15)13-8;5-3(6)1-2-4(7)8/h2-4,9,12H,5-6H2,1H3,(H,13,15);1-2H,(H,5,6)(H,7,8)/b;2-1-. The number of carbonyl (C=O) groups is 2. The summed E-state index contributed by atoms with van der Waals surface area (Å²) in [4.78, 5) is 33.8. The van der Waals surface area contributed by atoms with Gasteiger partial charge < -0.3 is 15.2 Å². The first-order valence-corrected chi connectivity index (χ1v) is 6.97. The number of carboxylic acid groups (broad SMARTS) is 2. The molecule has 0 amide bonds. The summed E-state index contributed by atoms with van der Waals surface area (Å²) >= 11 is 0. The van der Waals surface area contributed by atoms with Crippen molar-refractivity contribution in [2.45, 2.75) is 19.0 Å². The van der Waals surface area contributed by atoms with Crippen LogP contribution in [0.5, 0.6) is 0 Å². The smallest absolute Gasteiger partial charge is 0.328 e. The summed E-state index contributed by atoms with van der Waals surface area (Å²) in [6.07, 6.45) is 3.24. The van der Waals surface area contributed by atoms with Gasteiger partial charge in [-0.2, -0.15) is 0 Å². The molecule has 1 aliphatic heterocycles. The van der Waals surface area contributed by atoms with Gasteiger partial charge in [0.1, 0.15) is 0 Å². The fraction of sp³-hybridized carbons (Fsp3) is 0.267. The summed E-state index contributed by atoms with van der Waals surface area (Å²) in [6.45, 7) is 0. The van der Waals surface area contributed by atoms with Gasteiger partial charge in [0.2, 0.25) is 0 Å². The van der Waals surface area contributed by atoms with Crippen LogP contribution in [0.15, 0.2) is 35.1 Å². The van der Waals surface area contributed by atoms with Crippen LogP contribution in [-0.4, -0.2) is 38.8 Å². The Bertz CT molecular complexity index is 802. The number of aliphatic carboxylic acids is 2. The molecule has 4 N–H and O–H groups in total. The number of benzene rings is 1. The van der Waals surface area contributed by atoms with Gasteiger partial charge in [-0.15, -0.1) is 0 Å². The molecule has 0 fully saturated rings. The van der Waals surface area contributed by atoms with Gasteiger partial charge in [-0.1, -0.05) is 12.1 Å². The number of nitrogens with one attached hydrogen (secondary N) is 2. The summed E-state index contributed by atoms with van der Waals surface area (Å²) in [5.74, 6) is -2.51. The predicted molar refractivity (Wildman–Crippen MR) is 83.4 cm³/mol. The van der Waals surface area contributed by atoms with E-state index in [0.717, 1.165) is 23.9 Å². The molecule has 1 aliphatic rings. The fourth-order valence-electron chi connectivity index (χ4n) is 2.59. The second-order valence-corrected chi connectivity index (χ2v) is 4.97. The lowest BCUT2D eigenvalue weighted by Gasteiger charge is -2.23. The molecule has 8 heteroatoms. The molecule has 1 aromatic carbocycles. The quantitative estimate of drug-likeness (QED) is 0.617. The van der Waals surface area contributed by atoms with E-state index in [4.69, 9.17) is 10.2 Å². The Morgan fingerprint density at radius 2 is 1.96 bits per heavy atom. The highest BCUT2D eigenvalue weighted by molar-refractivity contribution is 5.89. The Kier molecular flexibility index (Phi) is 4.97. The summed E-state index contributed by atoms with van der Waals surface area (Å²) in [5, 5.41) is 18.8. The Morgan fingerprint density at radius 1 is 1.30 bits per heavy atom. The maximum Gasteiger partial charge on any atom is 0.328 e. The zero-order valence-electron chi connectivity index (χ0n) is 12.4. The van der Waals surface area contributed by atoms with Crippen LogP contribution in [0.2, 0.25) is 0 Å². The van der Waals surface area contributed by atoms with Gasteiger partial charge in [0.15, 0.2) is 0 Å². The van der Waals surface area contributed by atoms with Crippen LogP contribution in [0, 0.1) is 0 Å². The molecule has 1 atom stereocenters. The minimum Gasteiger partial charge on any atom is -0.478 e. The van der Waals surface area contributed by atoms with E-state index in [1.54, 1.807) is 0 Å². The molecule has 0 saturated heterocycles. The third-order valence-electron chi connectivity index (χ3n) is 3.52. The molecule has 1 unspecified atom stereocenters. The maximum absolute atomic E-state index is 11.8. The van der Waals surface area contributed by atoms with E-state index in [0.29, 0.717) is 12.2 Å². The van der Waals surface area contributed by atoms with Gasteiger partial charge in [-0.05, 0) is 31.5 Å². The van der Waals surface area contributed by atoms with Crippen LogP contribution in [0.4, 0.5) is 0 Å². The largest absolute Gasteiger partial charge is 0.478 e. The SMILES string of the molecule is CNC1CCc2cccc3[nH]c(=O)n1c23.O=C(O)/C=C\C(=O)O. The number of aromatic amines is 1. The average Bonchev–Trinajstić information content (AvgIpc) is 2.85. The number of nitrogens with zero attached hydrogens (tertiary/aromatic N) is 1. The van der Waals surface area contributed by atoms with Crippen LogP contribution in [0.25, 0.3) is 11.0 Å². The summed E-state index contributed by atoms with van der Waals surface area (Å²) in [5.41, 5.74) is 3.25. The lowest BCUT2D eigenvalue weighted by molar-refractivity contribution is -0.134. The molecule has 0 saturated carbocycles. The number of hydrogen-bond donors (Lipinski definition) is 4. The normalized spacial score (nSPS) is 16.1. The van der Waals surface area contributed by atoms with Crippen LogP contribution >= 0.6 is 0 Å². The van der Waals surface area contributed by atoms with Crippen molar-refractivity contribution < 1.29 is 19.8 Å². The topological polar surface area (TPSA) is 124 Å². The van der Waals surface area contributed by atoms with Crippen molar-refractivity contribution in [3.05, 3.63) is 46.4 Å². The average molecular weight is 319 g/mol. The van der Waals surface area contributed by atoms with E-state index in [1.807, 2.05) is 23.7 Å². The minimum atomic E-state index is -1.26. The highest BCUT2D eigenvalue weighted by Gasteiger charge is 2.22. The first kappa shape index (κ1) is 16.5. The van der Waals surface area contributed by atoms with E-state index in [1.165, 1.54) is 5.56 Å². The van der Waals surface area contributed by atoms with Crippen molar-refractivity contribution >= 4 is 23.0 Å². The van der Waals surface area contributed by atoms with Crippen molar-refractivity contribution in [2.24, 2.45) is 0 Å². The number of carboxylic acids is 2. The Balaban J connectivity index is 0.000000207. The minimum absolute atomic E-state index is 0.0171. The van der Waals surface area contributed by atoms with Gasteiger partial charge in [-0.3, -0.25) is 9.88 Å². The van der Waals surface area contributed by atoms with Gasteiger partial charge in [0.05, 0.1) is 17.2 Å². The number of para-hydroxylation sites is 1. The zero-order chi connectivity index (χ0) is 17.0. The molecule has 1 aromatic heterocycles. The summed E-state index contributed by atoms with van der Waals surface area (Å²) < 4.78 is 1.83. The fourth-order valence-corrected chi connectivity index (χ4v) is 2.59. The first-order valence-electron chi connectivity index (χ1n) is 6.97. The number of aromatic nitrogens is 2. The number of aryl methyl sites for hydroxylation is 1. The Labute approximate surface area is 131 Å². The van der Waals surface area contributed by atoms with E-state index >= 15 is 0 Å². The van der Waals surface area contributed by atoms with Crippen LogP contribution in [0.1, 0.15) is 18.2 Å². The maximum atomic E-state index is 11.8. The molecule has 0 radical (unpaired) electrons. The van der Waals surface area contributed by atoms with E-state index in [2.05, 4.69) is 16.4 Å². The van der Waals surface area contributed by atoms with Gasteiger partial charge in [0, 0.05) is 12.2 Å². The predicted octanol–water partition coefficient (Wildman–Crippen LogP) is 0.706. The Hall–Kier alpha value is -2.87. The number of imidazole rings is 1. The lowest BCUT2D eigenvalue weighted by atomic mass is 10.0. The van der Waals surface area contributed by atoms with Crippen molar-refractivity contribution in [3.8, 4) is 0 Å². The summed E-state index contributed by atoms with van der Waals surface area (Å²) in [7, 11) is 1.89. The molecule has 0 spiro atoms. The van der Waals surface area contributed by atoms with Crippen LogP contribution < -0.4 is 11.0 Å². The van der Waals surface area contributed by atoms with Crippen molar-refractivity contribution in [3.63, 3.8) is 0 Å². The number of H-pyrrole nitrogens is 1. The van der Waals surface area contributed by atoms with Gasteiger partial charge in [-0.25, -0.2) is 14.4 Å². The third kappa shape index (κ3) is 3.67. The number of rotatable bonds is 3. The van der Waals surface area contributed by atoms with Crippen LogP contribution in [-0.2, 0) is 16.0 Å². The van der Waals surface area contributed by atoms with Gasteiger partial charge in [0.25, 0.3) is 0 Å². The third-order valence-corrected chi connectivity index (χ3v) is 3.52. The Morgan fingerprint density at radius 3 is 2.52 bits per heavy atom. The second kappa shape index (κ2) is 6.93. The highest BCUT2D eigenvalue weighted by atomic mass is 16.4. The van der Waals surface area contributed by atoms with Crippen molar-refractivity contribution in [1.29, 1.82) is 0 Å². The molecule has 3 rings (SSSR count). The molecule has 2 heterocycles. The molecular formula is C15H17N3O5. The molecule has 23 heavy (non-hydrogen) atoms. The first-order chi connectivity index (χ1) is 10.9. The monoisotopic (exact) mass is 319 g/mol. The zero-order valence-corrected chi connectivity index (χ0v) is 12.4. The molecular weight excluding hydrogens is 302 g/mol. The highest BCUT2D eigenvalue weighted by Crippen LogP contribution is 2.26. The molecule has 0 bridgehead atoms. The van der Waals surface area contributed by atoms with Crippen LogP contribution in [0.3, 0.4) is 0 Å². The van der Waals surface area contributed by atoms with Crippen molar-refractivity contribution in [1.82, 2.24) is 14.9 Å².